The van der Waals surface area contributed by atoms with E-state index >= 15 is 0 Å². The molecule has 0 spiro atoms. The number of nitrogen functional groups attached to an aromatic ring is 1. The van der Waals surface area contributed by atoms with E-state index in [1.54, 1.807) is 12.1 Å². The van der Waals surface area contributed by atoms with Crippen molar-refractivity contribution in [2.24, 2.45) is 0 Å². The Morgan fingerprint density at radius 3 is 2.50 bits per heavy atom. The van der Waals surface area contributed by atoms with Gasteiger partial charge < -0.3 is 20.5 Å². The molecule has 6 heteroatoms. The average molecular weight is 274 g/mol. The second kappa shape index (κ2) is 4.73. The molecular formula is C14H11FN2O3. The number of carbonyl (C=O) groups is 1. The topological polar surface area (TPSA) is 73.6 Å². The van der Waals surface area contributed by atoms with Crippen LogP contribution in [0.25, 0.3) is 0 Å². The molecule has 102 valence electrons. The number of hydrogen-bond acceptors (Lipinski definition) is 4. The SMILES string of the molecule is Nc1cc2c(cc1NC(=O)c1ccc(F)cc1)OCO2. The van der Waals surface area contributed by atoms with E-state index in [1.165, 1.54) is 24.3 Å². The summed E-state index contributed by atoms with van der Waals surface area (Å²) >= 11 is 0. The van der Waals surface area contributed by atoms with Crippen LogP contribution in [0.5, 0.6) is 11.5 Å². The first-order chi connectivity index (χ1) is 9.63. The largest absolute Gasteiger partial charge is 0.454 e. The summed E-state index contributed by atoms with van der Waals surface area (Å²) in [6, 6.07) is 8.42. The van der Waals surface area contributed by atoms with Crippen molar-refractivity contribution in [1.82, 2.24) is 0 Å². The summed E-state index contributed by atoms with van der Waals surface area (Å²) in [5.74, 6) is 0.288. The maximum Gasteiger partial charge on any atom is 0.255 e. The Hall–Kier alpha value is -2.76. The lowest BCUT2D eigenvalue weighted by atomic mass is 10.2. The summed E-state index contributed by atoms with van der Waals surface area (Å²) in [5, 5.41) is 2.65. The summed E-state index contributed by atoms with van der Waals surface area (Å²) < 4.78 is 23.2. The lowest BCUT2D eigenvalue weighted by molar-refractivity contribution is 0.102. The van der Waals surface area contributed by atoms with Gasteiger partial charge in [-0.15, -0.1) is 0 Å². The van der Waals surface area contributed by atoms with Gasteiger partial charge in [-0.2, -0.15) is 0 Å². The highest BCUT2D eigenvalue weighted by Crippen LogP contribution is 2.38. The maximum atomic E-state index is 12.8. The molecule has 0 aliphatic carbocycles. The molecule has 1 aliphatic rings. The van der Waals surface area contributed by atoms with Gasteiger partial charge in [0.2, 0.25) is 6.79 Å². The van der Waals surface area contributed by atoms with Crippen molar-refractivity contribution in [3.05, 3.63) is 47.8 Å². The monoisotopic (exact) mass is 274 g/mol. The van der Waals surface area contributed by atoms with E-state index in [4.69, 9.17) is 15.2 Å². The molecule has 2 aromatic rings. The minimum Gasteiger partial charge on any atom is -0.454 e. The molecule has 0 saturated carbocycles. The molecule has 1 heterocycles. The standard InChI is InChI=1S/C14H11FN2O3/c15-9-3-1-8(2-4-9)14(18)17-11-6-13-12(5-10(11)16)19-7-20-13/h1-6H,7,16H2,(H,17,18). The van der Waals surface area contributed by atoms with Crippen LogP contribution < -0.4 is 20.5 Å². The van der Waals surface area contributed by atoms with Crippen LogP contribution in [0.2, 0.25) is 0 Å². The number of nitrogens with two attached hydrogens (primary N) is 1. The smallest absolute Gasteiger partial charge is 0.255 e. The van der Waals surface area contributed by atoms with Gasteiger partial charge in [-0.25, -0.2) is 4.39 Å². The number of rotatable bonds is 2. The molecule has 1 aliphatic heterocycles. The van der Waals surface area contributed by atoms with Crippen LogP contribution >= 0.6 is 0 Å². The van der Waals surface area contributed by atoms with E-state index in [-0.39, 0.29) is 12.7 Å². The summed E-state index contributed by atoms with van der Waals surface area (Å²) in [7, 11) is 0. The Balaban J connectivity index is 1.84. The zero-order chi connectivity index (χ0) is 14.1. The van der Waals surface area contributed by atoms with Crippen molar-refractivity contribution in [1.29, 1.82) is 0 Å². The third kappa shape index (κ3) is 2.23. The Labute approximate surface area is 114 Å². The fraction of sp³-hybridized carbons (Fsp3) is 0.0714. The lowest BCUT2D eigenvalue weighted by Gasteiger charge is -2.09. The Kier molecular flexibility index (Phi) is 2.90. The first kappa shape index (κ1) is 12.3. The first-order valence-electron chi connectivity index (χ1n) is 5.89. The van der Waals surface area contributed by atoms with Crippen molar-refractivity contribution in [3.8, 4) is 11.5 Å². The quantitative estimate of drug-likeness (QED) is 0.825. The van der Waals surface area contributed by atoms with Crippen LogP contribution in [0.3, 0.4) is 0 Å². The highest BCUT2D eigenvalue weighted by atomic mass is 19.1. The van der Waals surface area contributed by atoms with Gasteiger partial charge in [-0.1, -0.05) is 0 Å². The molecule has 0 unspecified atom stereocenters. The Bertz CT molecular complexity index is 671. The summed E-state index contributed by atoms with van der Waals surface area (Å²) in [6.07, 6.45) is 0. The van der Waals surface area contributed by atoms with Crippen LogP contribution in [-0.4, -0.2) is 12.7 Å². The zero-order valence-corrected chi connectivity index (χ0v) is 10.4. The van der Waals surface area contributed by atoms with Gasteiger partial charge in [0.1, 0.15) is 5.82 Å². The van der Waals surface area contributed by atoms with E-state index in [9.17, 15) is 9.18 Å². The summed E-state index contributed by atoms with van der Waals surface area (Å²) in [5.41, 5.74) is 6.96. The van der Waals surface area contributed by atoms with E-state index in [0.717, 1.165) is 0 Å². The van der Waals surface area contributed by atoms with E-state index < -0.39 is 5.82 Å². The molecule has 2 aromatic carbocycles. The maximum absolute atomic E-state index is 12.8. The van der Waals surface area contributed by atoms with Crippen LogP contribution in [0, 0.1) is 5.82 Å². The molecule has 0 bridgehead atoms. The Morgan fingerprint density at radius 1 is 1.15 bits per heavy atom. The minimum absolute atomic E-state index is 0.129. The zero-order valence-electron chi connectivity index (χ0n) is 10.4. The highest BCUT2D eigenvalue weighted by Gasteiger charge is 2.17. The molecule has 3 rings (SSSR count). The van der Waals surface area contributed by atoms with Gasteiger partial charge in [0.15, 0.2) is 11.5 Å². The number of amides is 1. The number of hydrogen-bond donors (Lipinski definition) is 2. The van der Waals surface area contributed by atoms with Gasteiger partial charge in [0.05, 0.1) is 11.4 Å². The number of anilines is 2. The van der Waals surface area contributed by atoms with E-state index in [1.807, 2.05) is 0 Å². The van der Waals surface area contributed by atoms with Crippen molar-refractivity contribution in [3.63, 3.8) is 0 Å². The number of fused-ring (bicyclic) bond motifs is 1. The number of benzene rings is 2. The predicted molar refractivity (Wildman–Crippen MR) is 71.3 cm³/mol. The molecule has 3 N–H and O–H groups in total. The second-order valence-corrected chi connectivity index (χ2v) is 4.25. The van der Waals surface area contributed by atoms with Crippen molar-refractivity contribution < 1.29 is 18.7 Å². The molecule has 0 atom stereocenters. The van der Waals surface area contributed by atoms with Crippen molar-refractivity contribution >= 4 is 17.3 Å². The molecule has 0 aromatic heterocycles. The van der Waals surface area contributed by atoms with Gasteiger partial charge >= 0.3 is 0 Å². The number of halogens is 1. The third-order valence-electron chi connectivity index (χ3n) is 2.90. The fourth-order valence-electron chi connectivity index (χ4n) is 1.86. The molecule has 5 nitrogen and oxygen atoms in total. The van der Waals surface area contributed by atoms with Gasteiger partial charge in [0, 0.05) is 17.7 Å². The Morgan fingerprint density at radius 2 is 1.80 bits per heavy atom. The van der Waals surface area contributed by atoms with Gasteiger partial charge in [-0.3, -0.25) is 4.79 Å². The molecule has 0 radical (unpaired) electrons. The molecule has 0 fully saturated rings. The van der Waals surface area contributed by atoms with Gasteiger partial charge in [0.25, 0.3) is 5.91 Å². The predicted octanol–water partition coefficient (Wildman–Crippen LogP) is 2.39. The minimum atomic E-state index is -0.399. The third-order valence-corrected chi connectivity index (χ3v) is 2.90. The molecule has 0 saturated heterocycles. The molecule has 1 amide bonds. The fourth-order valence-corrected chi connectivity index (χ4v) is 1.86. The van der Waals surface area contributed by atoms with Crippen LogP contribution in [0.1, 0.15) is 10.4 Å². The van der Waals surface area contributed by atoms with Crippen LogP contribution in [-0.2, 0) is 0 Å². The summed E-state index contributed by atoms with van der Waals surface area (Å²) in [4.78, 5) is 12.0. The van der Waals surface area contributed by atoms with Gasteiger partial charge in [-0.05, 0) is 24.3 Å². The number of nitrogens with one attached hydrogen (secondary N) is 1. The second-order valence-electron chi connectivity index (χ2n) is 4.25. The van der Waals surface area contributed by atoms with E-state index in [0.29, 0.717) is 28.4 Å². The van der Waals surface area contributed by atoms with Crippen LogP contribution in [0.15, 0.2) is 36.4 Å². The highest BCUT2D eigenvalue weighted by molar-refractivity contribution is 6.06. The lowest BCUT2D eigenvalue weighted by Crippen LogP contribution is -2.13. The first-order valence-corrected chi connectivity index (χ1v) is 5.89. The van der Waals surface area contributed by atoms with E-state index in [2.05, 4.69) is 5.32 Å². The molecule has 20 heavy (non-hydrogen) atoms. The number of carbonyl (C=O) groups excluding carboxylic acids is 1. The van der Waals surface area contributed by atoms with Crippen molar-refractivity contribution in [2.75, 3.05) is 17.8 Å². The van der Waals surface area contributed by atoms with Crippen LogP contribution in [0.4, 0.5) is 15.8 Å². The normalized spacial score (nSPS) is 12.2. The molecular weight excluding hydrogens is 263 g/mol. The summed E-state index contributed by atoms with van der Waals surface area (Å²) in [6.45, 7) is 0.129. The number of ether oxygens (including phenoxy) is 2. The van der Waals surface area contributed by atoms with Crippen molar-refractivity contribution in [2.45, 2.75) is 0 Å². The average Bonchev–Trinajstić information content (AvgIpc) is 2.87.